The highest BCUT2D eigenvalue weighted by molar-refractivity contribution is 5.89. The van der Waals surface area contributed by atoms with Gasteiger partial charge in [0.05, 0.1) is 30.6 Å². The fourth-order valence-electron chi connectivity index (χ4n) is 2.49. The van der Waals surface area contributed by atoms with Gasteiger partial charge in [0.15, 0.2) is 11.5 Å². The largest absolute Gasteiger partial charge is 0.465 e. The number of anilines is 2. The number of aromatic nitrogens is 4. The standard InChI is InChI=1S/C17H19N7O2/c1-9-12(8-20-11-6-4-10(5-7-11)16(25)26-3)22-13-14(18)23-17(19)24(2)15(13)21-9/h4-7,20H,8H2,1-3H3,(H3,18,19,23). The fraction of sp³-hybridized carbons (Fsp3) is 0.235. The van der Waals surface area contributed by atoms with E-state index < -0.39 is 0 Å². The van der Waals surface area contributed by atoms with Gasteiger partial charge >= 0.3 is 5.97 Å². The third kappa shape index (κ3) is 3.18. The third-order valence-corrected chi connectivity index (χ3v) is 4.02. The first-order chi connectivity index (χ1) is 12.4. The topological polar surface area (TPSA) is 132 Å². The number of fused-ring (bicyclic) bond motifs is 1. The molecule has 0 fully saturated rings. The second kappa shape index (κ2) is 6.79. The second-order valence-electron chi connectivity index (χ2n) is 5.73. The lowest BCUT2D eigenvalue weighted by Crippen LogP contribution is -2.24. The van der Waals surface area contributed by atoms with Crippen LogP contribution >= 0.6 is 0 Å². The maximum atomic E-state index is 11.5. The molecule has 3 aromatic rings. The van der Waals surface area contributed by atoms with Gasteiger partial charge in [0, 0.05) is 12.7 Å². The Balaban J connectivity index is 1.86. The number of rotatable bonds is 4. The minimum absolute atomic E-state index is 0.0280. The quantitative estimate of drug-likeness (QED) is 0.599. The molecule has 134 valence electrons. The molecule has 26 heavy (non-hydrogen) atoms. The van der Waals surface area contributed by atoms with Crippen LogP contribution in [0.15, 0.2) is 24.3 Å². The van der Waals surface area contributed by atoms with E-state index in [1.807, 2.05) is 6.92 Å². The van der Waals surface area contributed by atoms with Crippen molar-refractivity contribution in [1.82, 2.24) is 19.5 Å². The maximum absolute atomic E-state index is 11.5. The Labute approximate surface area is 149 Å². The van der Waals surface area contributed by atoms with Crippen molar-refractivity contribution in [2.24, 2.45) is 7.05 Å². The third-order valence-electron chi connectivity index (χ3n) is 4.02. The van der Waals surface area contributed by atoms with Crippen LogP contribution in [-0.2, 0) is 18.3 Å². The minimum atomic E-state index is -0.377. The SMILES string of the molecule is COC(=O)c1ccc(NCc2nc3c(N)nc(=N)n(C)c3nc2C)cc1. The highest BCUT2D eigenvalue weighted by atomic mass is 16.5. The van der Waals surface area contributed by atoms with E-state index in [1.165, 1.54) is 11.7 Å². The molecule has 0 saturated carbocycles. The number of nitrogens with one attached hydrogen (secondary N) is 2. The number of carbonyl (C=O) groups excluding carboxylic acids is 1. The molecule has 2 heterocycles. The molecule has 0 unspecified atom stereocenters. The van der Waals surface area contributed by atoms with Gasteiger partial charge in [-0.1, -0.05) is 0 Å². The van der Waals surface area contributed by atoms with Gasteiger partial charge in [-0.3, -0.25) is 9.98 Å². The van der Waals surface area contributed by atoms with Crippen LogP contribution in [0.4, 0.5) is 11.5 Å². The molecule has 0 atom stereocenters. The molecule has 0 aliphatic rings. The average Bonchev–Trinajstić information content (AvgIpc) is 2.64. The number of nitrogen functional groups attached to an aromatic ring is 1. The molecule has 0 amide bonds. The summed E-state index contributed by atoms with van der Waals surface area (Å²) >= 11 is 0. The van der Waals surface area contributed by atoms with Gasteiger partial charge < -0.3 is 15.8 Å². The number of aryl methyl sites for hydroxylation is 2. The lowest BCUT2D eigenvalue weighted by Gasteiger charge is -2.12. The Morgan fingerprint density at radius 1 is 1.27 bits per heavy atom. The zero-order chi connectivity index (χ0) is 18.8. The van der Waals surface area contributed by atoms with Gasteiger partial charge in [0.25, 0.3) is 0 Å². The first kappa shape index (κ1) is 17.3. The molecule has 4 N–H and O–H groups in total. The molecule has 0 radical (unpaired) electrons. The van der Waals surface area contributed by atoms with Crippen molar-refractivity contribution in [3.8, 4) is 0 Å². The highest BCUT2D eigenvalue weighted by Crippen LogP contribution is 2.17. The zero-order valence-corrected chi connectivity index (χ0v) is 14.7. The van der Waals surface area contributed by atoms with Gasteiger partial charge in [-0.05, 0) is 31.2 Å². The van der Waals surface area contributed by atoms with Crippen molar-refractivity contribution in [2.45, 2.75) is 13.5 Å². The van der Waals surface area contributed by atoms with E-state index in [4.69, 9.17) is 11.1 Å². The normalized spacial score (nSPS) is 10.7. The van der Waals surface area contributed by atoms with E-state index in [1.54, 1.807) is 31.3 Å². The molecule has 0 aliphatic heterocycles. The fourth-order valence-corrected chi connectivity index (χ4v) is 2.49. The first-order valence-electron chi connectivity index (χ1n) is 7.87. The van der Waals surface area contributed by atoms with Gasteiger partial charge in [-0.15, -0.1) is 0 Å². The van der Waals surface area contributed by atoms with Crippen LogP contribution in [0.3, 0.4) is 0 Å². The molecule has 3 rings (SSSR count). The predicted octanol–water partition coefficient (Wildman–Crippen LogP) is 1.13. The van der Waals surface area contributed by atoms with Gasteiger partial charge in [0.2, 0.25) is 5.62 Å². The number of hydrogen-bond donors (Lipinski definition) is 3. The van der Waals surface area contributed by atoms with Gasteiger partial charge in [0.1, 0.15) is 5.52 Å². The van der Waals surface area contributed by atoms with Crippen LogP contribution in [0.2, 0.25) is 0 Å². The Hall–Kier alpha value is -3.49. The van der Waals surface area contributed by atoms with Crippen molar-refractivity contribution in [3.05, 3.63) is 46.8 Å². The summed E-state index contributed by atoms with van der Waals surface area (Å²) in [7, 11) is 3.05. The second-order valence-corrected chi connectivity index (χ2v) is 5.73. The van der Waals surface area contributed by atoms with E-state index >= 15 is 0 Å². The van der Waals surface area contributed by atoms with E-state index in [9.17, 15) is 4.79 Å². The lowest BCUT2D eigenvalue weighted by atomic mass is 10.2. The Kier molecular flexibility index (Phi) is 4.53. The van der Waals surface area contributed by atoms with E-state index in [2.05, 4.69) is 25.0 Å². The molecular formula is C17H19N7O2. The summed E-state index contributed by atoms with van der Waals surface area (Å²) in [5.41, 5.74) is 9.68. The molecule has 9 heteroatoms. The van der Waals surface area contributed by atoms with Crippen LogP contribution in [0.5, 0.6) is 0 Å². The molecular weight excluding hydrogens is 334 g/mol. The first-order valence-corrected chi connectivity index (χ1v) is 7.87. The van der Waals surface area contributed by atoms with E-state index in [0.29, 0.717) is 23.3 Å². The minimum Gasteiger partial charge on any atom is -0.465 e. The Bertz CT molecular complexity index is 1040. The number of nitrogens with zero attached hydrogens (tertiary/aromatic N) is 4. The van der Waals surface area contributed by atoms with Crippen molar-refractivity contribution >= 4 is 28.6 Å². The lowest BCUT2D eigenvalue weighted by molar-refractivity contribution is 0.0601. The molecule has 1 aromatic carbocycles. The van der Waals surface area contributed by atoms with Gasteiger partial charge in [-0.2, -0.15) is 4.98 Å². The van der Waals surface area contributed by atoms with Crippen LogP contribution < -0.4 is 16.7 Å². The van der Waals surface area contributed by atoms with Crippen LogP contribution in [-0.4, -0.2) is 32.6 Å². The van der Waals surface area contributed by atoms with Crippen molar-refractivity contribution < 1.29 is 9.53 Å². The summed E-state index contributed by atoms with van der Waals surface area (Å²) in [4.78, 5) is 24.5. The molecule has 0 aliphatic carbocycles. The molecule has 0 bridgehead atoms. The Morgan fingerprint density at radius 2 is 1.96 bits per heavy atom. The summed E-state index contributed by atoms with van der Waals surface area (Å²) in [5, 5.41) is 11.0. The van der Waals surface area contributed by atoms with Crippen molar-refractivity contribution in [3.63, 3.8) is 0 Å². The van der Waals surface area contributed by atoms with Crippen LogP contribution in [0, 0.1) is 12.3 Å². The van der Waals surface area contributed by atoms with Gasteiger partial charge in [-0.25, -0.2) is 14.8 Å². The monoisotopic (exact) mass is 353 g/mol. The number of ether oxygens (including phenoxy) is 1. The van der Waals surface area contributed by atoms with Crippen molar-refractivity contribution in [1.29, 1.82) is 5.41 Å². The number of esters is 1. The van der Waals surface area contributed by atoms with E-state index in [-0.39, 0.29) is 17.4 Å². The summed E-state index contributed by atoms with van der Waals surface area (Å²) in [6.07, 6.45) is 0. The highest BCUT2D eigenvalue weighted by Gasteiger charge is 2.12. The predicted molar refractivity (Wildman–Crippen MR) is 96.4 cm³/mol. The zero-order valence-electron chi connectivity index (χ0n) is 14.7. The Morgan fingerprint density at radius 3 is 2.62 bits per heavy atom. The summed E-state index contributed by atoms with van der Waals surface area (Å²) < 4.78 is 6.22. The summed E-state index contributed by atoms with van der Waals surface area (Å²) in [6, 6.07) is 6.95. The van der Waals surface area contributed by atoms with Crippen LogP contribution in [0.1, 0.15) is 21.7 Å². The number of carbonyl (C=O) groups is 1. The smallest absolute Gasteiger partial charge is 0.337 e. The number of hydrogen-bond acceptors (Lipinski definition) is 8. The molecule has 2 aromatic heterocycles. The number of benzene rings is 1. The average molecular weight is 353 g/mol. The number of nitrogens with two attached hydrogens (primary N) is 1. The van der Waals surface area contributed by atoms with Crippen molar-refractivity contribution in [2.75, 3.05) is 18.2 Å². The van der Waals surface area contributed by atoms with Crippen LogP contribution in [0.25, 0.3) is 11.2 Å². The summed E-state index contributed by atoms with van der Waals surface area (Å²) in [6.45, 7) is 2.28. The number of methoxy groups -OCH3 is 1. The summed E-state index contributed by atoms with van der Waals surface area (Å²) in [5.74, 6) is -0.198. The van der Waals surface area contributed by atoms with E-state index in [0.717, 1.165) is 17.1 Å². The maximum Gasteiger partial charge on any atom is 0.337 e. The molecule has 0 saturated heterocycles. The molecule has 0 spiro atoms. The molecule has 9 nitrogen and oxygen atoms in total.